The molecule has 0 saturated heterocycles. The number of carboxylic acid groups (broad SMARTS) is 1. The van der Waals surface area contributed by atoms with Crippen LogP contribution in [0.5, 0.6) is 0 Å². The van der Waals surface area contributed by atoms with Crippen molar-refractivity contribution in [2.24, 2.45) is 0 Å². The first-order valence-corrected chi connectivity index (χ1v) is 7.84. The number of halogens is 1. The number of carbonyl (C=O) groups excluding carboxylic acids is 2. The van der Waals surface area contributed by atoms with Crippen LogP contribution in [0.1, 0.15) is 29.1 Å². The van der Waals surface area contributed by atoms with E-state index in [1.54, 1.807) is 30.5 Å². The van der Waals surface area contributed by atoms with Crippen LogP contribution in [0, 0.1) is 6.92 Å². The lowest BCUT2D eigenvalue weighted by atomic mass is 10.1. The minimum atomic E-state index is -1.19. The van der Waals surface area contributed by atoms with Crippen LogP contribution in [-0.4, -0.2) is 16.9 Å². The van der Waals surface area contributed by atoms with Gasteiger partial charge in [0.15, 0.2) is 0 Å². The highest BCUT2D eigenvalue weighted by molar-refractivity contribution is 7.09. The Morgan fingerprint density at radius 3 is 2.86 bits per heavy atom. The molecule has 116 valence electrons. The average Bonchev–Trinajstić information content (AvgIpc) is 2.90. The number of hydrogen-bond acceptors (Lipinski definition) is 5. The molecule has 1 atom stereocenters. The fourth-order valence-electron chi connectivity index (χ4n) is 1.85. The summed E-state index contributed by atoms with van der Waals surface area (Å²) in [5, 5.41) is 16.1. The number of nitrogens with one attached hydrogen (secondary N) is 1. The van der Waals surface area contributed by atoms with Gasteiger partial charge in [-0.05, 0) is 31.5 Å². The van der Waals surface area contributed by atoms with Crippen LogP contribution in [0.4, 0.5) is 5.69 Å². The normalized spacial score (nSPS) is 12.0. The molecule has 7 heteroatoms. The first-order valence-electron chi connectivity index (χ1n) is 6.58. The molecule has 2 aromatic rings. The quantitative estimate of drug-likeness (QED) is 0.906. The standard InChI is InChI=1S/C15H15ClN2O3S/c1-8-11(16)4-3-5-12(8)18-14(21)9(2)15-17-10(7-22-15)6-13(19)20/h3-5,7,9H,6H2,1-2H3,(H,18,21)(H,19,20)/p-1/t9-/m1/s1. The molecule has 2 rings (SSSR count). The molecule has 0 bridgehead atoms. The van der Waals surface area contributed by atoms with Gasteiger partial charge in [0.1, 0.15) is 5.01 Å². The van der Waals surface area contributed by atoms with E-state index >= 15 is 0 Å². The van der Waals surface area contributed by atoms with Gasteiger partial charge in [0.25, 0.3) is 0 Å². The summed E-state index contributed by atoms with van der Waals surface area (Å²) in [5.74, 6) is -1.90. The Labute approximate surface area is 137 Å². The number of carboxylic acids is 1. The van der Waals surface area contributed by atoms with Gasteiger partial charge >= 0.3 is 0 Å². The molecule has 1 heterocycles. The maximum Gasteiger partial charge on any atom is 0.234 e. The minimum Gasteiger partial charge on any atom is -0.550 e. The number of carbonyl (C=O) groups is 2. The number of hydrogen-bond donors (Lipinski definition) is 1. The third kappa shape index (κ3) is 3.84. The maximum absolute atomic E-state index is 12.3. The second-order valence-electron chi connectivity index (χ2n) is 4.85. The monoisotopic (exact) mass is 337 g/mol. The van der Waals surface area contributed by atoms with Crippen LogP contribution < -0.4 is 10.4 Å². The van der Waals surface area contributed by atoms with Crippen molar-refractivity contribution in [3.05, 3.63) is 44.9 Å². The van der Waals surface area contributed by atoms with E-state index in [4.69, 9.17) is 11.6 Å². The highest BCUT2D eigenvalue weighted by Gasteiger charge is 2.19. The van der Waals surface area contributed by atoms with E-state index in [0.717, 1.165) is 5.56 Å². The highest BCUT2D eigenvalue weighted by atomic mass is 35.5. The van der Waals surface area contributed by atoms with E-state index in [-0.39, 0.29) is 12.3 Å². The Bertz CT molecular complexity index is 715. The van der Waals surface area contributed by atoms with E-state index in [9.17, 15) is 14.7 Å². The predicted molar refractivity (Wildman–Crippen MR) is 84.1 cm³/mol. The largest absolute Gasteiger partial charge is 0.550 e. The smallest absolute Gasteiger partial charge is 0.234 e. The second kappa shape index (κ2) is 6.89. The van der Waals surface area contributed by atoms with Crippen molar-refractivity contribution in [1.82, 2.24) is 4.98 Å². The van der Waals surface area contributed by atoms with Gasteiger partial charge in [-0.3, -0.25) is 4.79 Å². The molecule has 0 saturated carbocycles. The molecule has 0 spiro atoms. The van der Waals surface area contributed by atoms with Crippen molar-refractivity contribution in [1.29, 1.82) is 0 Å². The maximum atomic E-state index is 12.3. The van der Waals surface area contributed by atoms with Gasteiger partial charge in [0.2, 0.25) is 5.91 Å². The van der Waals surface area contributed by atoms with Gasteiger partial charge < -0.3 is 15.2 Å². The molecular weight excluding hydrogens is 324 g/mol. The van der Waals surface area contributed by atoms with Gasteiger partial charge in [-0.1, -0.05) is 17.7 Å². The highest BCUT2D eigenvalue weighted by Crippen LogP contribution is 2.26. The van der Waals surface area contributed by atoms with Gasteiger partial charge in [0, 0.05) is 28.5 Å². The lowest BCUT2D eigenvalue weighted by molar-refractivity contribution is -0.304. The zero-order valence-corrected chi connectivity index (χ0v) is 13.6. The van der Waals surface area contributed by atoms with Crippen LogP contribution in [0.25, 0.3) is 0 Å². The van der Waals surface area contributed by atoms with Gasteiger partial charge in [-0.2, -0.15) is 0 Å². The summed E-state index contributed by atoms with van der Waals surface area (Å²) in [6.07, 6.45) is -0.252. The van der Waals surface area contributed by atoms with E-state index in [0.29, 0.717) is 21.4 Å². The summed E-state index contributed by atoms with van der Waals surface area (Å²) in [6.45, 7) is 3.54. The number of aromatic nitrogens is 1. The molecule has 0 aliphatic heterocycles. The topological polar surface area (TPSA) is 82.1 Å². The molecule has 1 aromatic carbocycles. The molecule has 0 radical (unpaired) electrons. The van der Waals surface area contributed by atoms with Gasteiger partial charge in [-0.15, -0.1) is 11.3 Å². The van der Waals surface area contributed by atoms with Crippen molar-refractivity contribution < 1.29 is 14.7 Å². The number of benzene rings is 1. The third-order valence-electron chi connectivity index (χ3n) is 3.18. The molecular formula is C15H14ClN2O3S-. The number of aliphatic carboxylic acids is 1. The van der Waals surface area contributed by atoms with E-state index in [1.807, 2.05) is 6.92 Å². The van der Waals surface area contributed by atoms with Crippen molar-refractivity contribution in [3.63, 3.8) is 0 Å². The Morgan fingerprint density at radius 2 is 2.18 bits per heavy atom. The third-order valence-corrected chi connectivity index (χ3v) is 4.67. The molecule has 5 nitrogen and oxygen atoms in total. The van der Waals surface area contributed by atoms with Crippen LogP contribution >= 0.6 is 22.9 Å². The fraction of sp³-hybridized carbons (Fsp3) is 0.267. The SMILES string of the molecule is Cc1c(Cl)cccc1NC(=O)[C@@H](C)c1nc(CC(=O)[O-])cs1. The number of amides is 1. The van der Waals surface area contributed by atoms with Crippen molar-refractivity contribution >= 4 is 40.5 Å². The minimum absolute atomic E-state index is 0.222. The Kier molecular flexibility index (Phi) is 5.15. The first kappa shape index (κ1) is 16.5. The molecule has 0 aliphatic carbocycles. The Hall–Kier alpha value is -1.92. The van der Waals surface area contributed by atoms with Crippen molar-refractivity contribution in [3.8, 4) is 0 Å². The molecule has 1 aromatic heterocycles. The van der Waals surface area contributed by atoms with E-state index in [2.05, 4.69) is 10.3 Å². The number of thiazole rings is 1. The summed E-state index contributed by atoms with van der Waals surface area (Å²) in [6, 6.07) is 5.29. The zero-order valence-electron chi connectivity index (χ0n) is 12.1. The number of rotatable bonds is 5. The molecule has 0 aliphatic rings. The zero-order chi connectivity index (χ0) is 16.3. The summed E-state index contributed by atoms with van der Waals surface area (Å²) >= 11 is 7.28. The van der Waals surface area contributed by atoms with Gasteiger partial charge in [-0.25, -0.2) is 4.98 Å². The summed E-state index contributed by atoms with van der Waals surface area (Å²) in [4.78, 5) is 27.0. The summed E-state index contributed by atoms with van der Waals surface area (Å²) < 4.78 is 0. The van der Waals surface area contributed by atoms with Crippen LogP contribution in [0.2, 0.25) is 5.02 Å². The lowest BCUT2D eigenvalue weighted by Crippen LogP contribution is -2.24. The molecule has 0 unspecified atom stereocenters. The van der Waals surface area contributed by atoms with E-state index < -0.39 is 11.9 Å². The first-order chi connectivity index (χ1) is 10.4. The molecule has 22 heavy (non-hydrogen) atoms. The van der Waals surface area contributed by atoms with Crippen LogP contribution in [-0.2, 0) is 16.0 Å². The predicted octanol–water partition coefficient (Wildman–Crippen LogP) is 2.14. The lowest BCUT2D eigenvalue weighted by Gasteiger charge is -2.12. The van der Waals surface area contributed by atoms with Crippen LogP contribution in [0.15, 0.2) is 23.6 Å². The number of anilines is 1. The Morgan fingerprint density at radius 1 is 1.45 bits per heavy atom. The Balaban J connectivity index is 2.10. The fourth-order valence-corrected chi connectivity index (χ4v) is 2.90. The molecule has 0 fully saturated rings. The van der Waals surface area contributed by atoms with Crippen molar-refractivity contribution in [2.45, 2.75) is 26.2 Å². The van der Waals surface area contributed by atoms with Crippen molar-refractivity contribution in [2.75, 3.05) is 5.32 Å². The van der Waals surface area contributed by atoms with Crippen LogP contribution in [0.3, 0.4) is 0 Å². The molecule has 1 amide bonds. The van der Waals surface area contributed by atoms with E-state index in [1.165, 1.54) is 11.3 Å². The van der Waals surface area contributed by atoms with Gasteiger partial charge in [0.05, 0.1) is 11.6 Å². The second-order valence-corrected chi connectivity index (χ2v) is 6.15. The average molecular weight is 338 g/mol. The number of nitrogens with zero attached hydrogens (tertiary/aromatic N) is 1. The summed E-state index contributed by atoms with van der Waals surface area (Å²) in [5.41, 5.74) is 1.84. The summed E-state index contributed by atoms with van der Waals surface area (Å²) in [7, 11) is 0. The molecule has 1 N–H and O–H groups in total.